The third kappa shape index (κ3) is 7.36. The van der Waals surface area contributed by atoms with Gasteiger partial charge in [0.25, 0.3) is 0 Å². The van der Waals surface area contributed by atoms with Gasteiger partial charge >= 0.3 is 0 Å². The fourth-order valence-corrected chi connectivity index (χ4v) is 3.09. The lowest BCUT2D eigenvalue weighted by atomic mass is 10.2. The maximum atomic E-state index is 6.01. The highest BCUT2D eigenvalue weighted by atomic mass is 127. The second-order valence-electron chi connectivity index (χ2n) is 5.40. The van der Waals surface area contributed by atoms with Crippen LogP contribution in [0.3, 0.4) is 0 Å². The van der Waals surface area contributed by atoms with E-state index in [1.54, 1.807) is 11.3 Å². The summed E-state index contributed by atoms with van der Waals surface area (Å²) in [6.45, 7) is 7.72. The zero-order valence-corrected chi connectivity index (χ0v) is 18.6. The predicted molar refractivity (Wildman–Crippen MR) is 119 cm³/mol. The molecule has 1 heterocycles. The molecule has 0 saturated carbocycles. The molecule has 2 rings (SSSR count). The molecule has 8 heteroatoms. The van der Waals surface area contributed by atoms with E-state index in [0.717, 1.165) is 40.7 Å². The largest absolute Gasteiger partial charge is 0.494 e. The van der Waals surface area contributed by atoms with Gasteiger partial charge in [-0.25, -0.2) is 4.98 Å². The van der Waals surface area contributed by atoms with E-state index >= 15 is 0 Å². The zero-order chi connectivity index (χ0) is 18.1. The van der Waals surface area contributed by atoms with Gasteiger partial charge in [0.05, 0.1) is 23.9 Å². The van der Waals surface area contributed by atoms with Crippen molar-refractivity contribution in [3.8, 4) is 11.5 Å². The third-order valence-electron chi connectivity index (χ3n) is 3.32. The van der Waals surface area contributed by atoms with Gasteiger partial charge in [-0.3, -0.25) is 4.99 Å². The SMILES string of the molecule is CCOc1ccc(OCC)c(NC(N)=NCCCc2nc(C)cs2)c1.I. The number of anilines is 1. The molecular weight excluding hydrogens is 463 g/mol. The van der Waals surface area contributed by atoms with Crippen molar-refractivity contribution in [3.05, 3.63) is 34.3 Å². The van der Waals surface area contributed by atoms with E-state index in [1.165, 1.54) is 0 Å². The molecule has 0 fully saturated rings. The molecule has 0 atom stereocenters. The Labute approximate surface area is 176 Å². The molecule has 0 spiro atoms. The first kappa shape index (κ1) is 22.5. The lowest BCUT2D eigenvalue weighted by molar-refractivity contribution is 0.332. The van der Waals surface area contributed by atoms with Crippen molar-refractivity contribution in [2.24, 2.45) is 10.7 Å². The van der Waals surface area contributed by atoms with Crippen LogP contribution in [-0.2, 0) is 6.42 Å². The molecule has 0 saturated heterocycles. The van der Waals surface area contributed by atoms with Gasteiger partial charge in [0.1, 0.15) is 11.5 Å². The molecule has 0 amide bonds. The van der Waals surface area contributed by atoms with Crippen LogP contribution in [0.1, 0.15) is 31.0 Å². The highest BCUT2D eigenvalue weighted by molar-refractivity contribution is 14.0. The quantitative estimate of drug-likeness (QED) is 0.238. The topological polar surface area (TPSA) is 81.8 Å². The molecule has 0 bridgehead atoms. The lowest BCUT2D eigenvalue weighted by Gasteiger charge is -2.14. The van der Waals surface area contributed by atoms with Crippen LogP contribution < -0.4 is 20.5 Å². The molecule has 3 N–H and O–H groups in total. The number of nitrogens with two attached hydrogens (primary N) is 1. The highest BCUT2D eigenvalue weighted by Gasteiger charge is 2.07. The van der Waals surface area contributed by atoms with Crippen LogP contribution in [0.2, 0.25) is 0 Å². The van der Waals surface area contributed by atoms with E-state index in [1.807, 2.05) is 39.0 Å². The Morgan fingerprint density at radius 2 is 2.04 bits per heavy atom. The molecule has 2 aromatic rings. The van der Waals surface area contributed by atoms with Gasteiger partial charge in [0.2, 0.25) is 0 Å². The van der Waals surface area contributed by atoms with Gasteiger partial charge in [-0.15, -0.1) is 35.3 Å². The maximum Gasteiger partial charge on any atom is 0.193 e. The van der Waals surface area contributed by atoms with Crippen molar-refractivity contribution in [2.75, 3.05) is 25.1 Å². The summed E-state index contributed by atoms with van der Waals surface area (Å²) in [5.41, 5.74) is 7.83. The smallest absolute Gasteiger partial charge is 0.193 e. The highest BCUT2D eigenvalue weighted by Crippen LogP contribution is 2.29. The summed E-state index contributed by atoms with van der Waals surface area (Å²) in [7, 11) is 0. The molecule has 1 aromatic carbocycles. The maximum absolute atomic E-state index is 6.01. The van der Waals surface area contributed by atoms with Gasteiger partial charge in [-0.1, -0.05) is 0 Å². The molecule has 0 aliphatic rings. The molecule has 1 aromatic heterocycles. The number of guanidine groups is 1. The van der Waals surface area contributed by atoms with Crippen molar-refractivity contribution in [3.63, 3.8) is 0 Å². The van der Waals surface area contributed by atoms with E-state index in [-0.39, 0.29) is 24.0 Å². The van der Waals surface area contributed by atoms with E-state index in [9.17, 15) is 0 Å². The number of nitrogens with zero attached hydrogens (tertiary/aromatic N) is 2. The summed E-state index contributed by atoms with van der Waals surface area (Å²) in [6.07, 6.45) is 1.83. The average molecular weight is 490 g/mol. The Bertz CT molecular complexity index is 706. The van der Waals surface area contributed by atoms with Crippen molar-refractivity contribution in [1.82, 2.24) is 4.98 Å². The monoisotopic (exact) mass is 490 g/mol. The fourth-order valence-electron chi connectivity index (χ4n) is 2.27. The molecule has 0 radical (unpaired) electrons. The Hall–Kier alpha value is -1.55. The summed E-state index contributed by atoms with van der Waals surface area (Å²) >= 11 is 1.69. The van der Waals surface area contributed by atoms with Crippen LogP contribution in [0.25, 0.3) is 0 Å². The van der Waals surface area contributed by atoms with E-state index in [0.29, 0.717) is 25.7 Å². The minimum absolute atomic E-state index is 0. The summed E-state index contributed by atoms with van der Waals surface area (Å²) in [5.74, 6) is 1.85. The first-order valence-corrected chi connectivity index (χ1v) is 9.38. The van der Waals surface area contributed by atoms with Crippen molar-refractivity contribution in [2.45, 2.75) is 33.6 Å². The minimum atomic E-state index is 0. The fraction of sp³-hybridized carbons (Fsp3) is 0.444. The number of benzene rings is 1. The number of aryl methyl sites for hydroxylation is 2. The number of nitrogens with one attached hydrogen (secondary N) is 1. The standard InChI is InChI=1S/C18H26N4O2S.HI/c1-4-23-14-8-9-16(24-5-2)15(11-14)22-18(19)20-10-6-7-17-21-13(3)12-25-17;/h8-9,11-12H,4-7,10H2,1-3H3,(H3,19,20,22);1H. The summed E-state index contributed by atoms with van der Waals surface area (Å²) in [4.78, 5) is 8.83. The van der Waals surface area contributed by atoms with Crippen LogP contribution in [0.4, 0.5) is 5.69 Å². The Morgan fingerprint density at radius 1 is 1.27 bits per heavy atom. The zero-order valence-electron chi connectivity index (χ0n) is 15.4. The second-order valence-corrected chi connectivity index (χ2v) is 6.34. The number of ether oxygens (including phenoxy) is 2. The summed E-state index contributed by atoms with van der Waals surface area (Å²) in [5, 5.41) is 6.31. The molecule has 0 aliphatic heterocycles. The van der Waals surface area contributed by atoms with Crippen molar-refractivity contribution < 1.29 is 9.47 Å². The van der Waals surface area contributed by atoms with E-state index in [4.69, 9.17) is 15.2 Å². The predicted octanol–water partition coefficient (Wildman–Crippen LogP) is 4.23. The Kier molecular flexibility index (Phi) is 10.3. The van der Waals surface area contributed by atoms with Crippen LogP contribution in [0.15, 0.2) is 28.6 Å². The van der Waals surface area contributed by atoms with Gasteiger partial charge < -0.3 is 20.5 Å². The van der Waals surface area contributed by atoms with Gasteiger partial charge in [0, 0.05) is 30.1 Å². The van der Waals surface area contributed by atoms with Gasteiger partial charge in [-0.2, -0.15) is 0 Å². The van der Waals surface area contributed by atoms with Crippen molar-refractivity contribution in [1.29, 1.82) is 0 Å². The van der Waals surface area contributed by atoms with Crippen LogP contribution in [0, 0.1) is 6.92 Å². The number of thiazole rings is 1. The molecular formula is C18H27IN4O2S. The summed E-state index contributed by atoms with van der Waals surface area (Å²) in [6, 6.07) is 5.62. The number of aliphatic imine (C=N–C) groups is 1. The number of hydrogen-bond donors (Lipinski definition) is 2. The second kappa shape index (κ2) is 11.9. The third-order valence-corrected chi connectivity index (χ3v) is 4.35. The number of hydrogen-bond acceptors (Lipinski definition) is 5. The van der Waals surface area contributed by atoms with Gasteiger partial charge in [-0.05, 0) is 39.3 Å². The lowest BCUT2D eigenvalue weighted by Crippen LogP contribution is -2.23. The number of rotatable bonds is 9. The molecule has 0 aliphatic carbocycles. The van der Waals surface area contributed by atoms with Crippen LogP contribution in [-0.4, -0.2) is 30.7 Å². The molecule has 6 nitrogen and oxygen atoms in total. The van der Waals surface area contributed by atoms with Gasteiger partial charge in [0.15, 0.2) is 5.96 Å². The van der Waals surface area contributed by atoms with Crippen LogP contribution >= 0.6 is 35.3 Å². The normalized spacial score (nSPS) is 11.0. The first-order chi connectivity index (χ1) is 12.1. The number of aromatic nitrogens is 1. The summed E-state index contributed by atoms with van der Waals surface area (Å²) < 4.78 is 11.2. The Balaban J connectivity index is 0.00000338. The first-order valence-electron chi connectivity index (χ1n) is 8.50. The molecule has 144 valence electrons. The minimum Gasteiger partial charge on any atom is -0.494 e. The average Bonchev–Trinajstić information content (AvgIpc) is 3.00. The van der Waals surface area contributed by atoms with E-state index in [2.05, 4.69) is 20.7 Å². The van der Waals surface area contributed by atoms with Crippen molar-refractivity contribution >= 4 is 47.0 Å². The van der Waals surface area contributed by atoms with Crippen LogP contribution in [0.5, 0.6) is 11.5 Å². The molecule has 0 unspecified atom stereocenters. The van der Waals surface area contributed by atoms with E-state index < -0.39 is 0 Å². The Morgan fingerprint density at radius 3 is 2.69 bits per heavy atom. The number of halogens is 1. The molecule has 26 heavy (non-hydrogen) atoms.